The van der Waals surface area contributed by atoms with E-state index in [9.17, 15) is 0 Å². The van der Waals surface area contributed by atoms with Gasteiger partial charge in [-0.1, -0.05) is 0 Å². The van der Waals surface area contributed by atoms with Crippen molar-refractivity contribution in [3.63, 3.8) is 0 Å². The van der Waals surface area contributed by atoms with Gasteiger partial charge in [0.25, 0.3) is 0 Å². The van der Waals surface area contributed by atoms with Crippen LogP contribution in [0.4, 0.5) is 5.69 Å². The first kappa shape index (κ1) is 10.1. The van der Waals surface area contributed by atoms with Crippen LogP contribution in [-0.4, -0.2) is 19.1 Å². The summed E-state index contributed by atoms with van der Waals surface area (Å²) in [6, 6.07) is 9.25. The molecule has 1 aromatic heterocycles. The molecule has 1 atom stereocenters. The van der Waals surface area contributed by atoms with Crippen molar-refractivity contribution >= 4 is 27.1 Å². The normalized spacial score (nSPS) is 21.6. The van der Waals surface area contributed by atoms with Crippen LogP contribution in [0.15, 0.2) is 29.6 Å². The molecule has 84 valence electrons. The smallest absolute Gasteiger partial charge is 0.0373 e. The second-order valence-corrected chi connectivity index (χ2v) is 5.44. The lowest BCUT2D eigenvalue weighted by atomic mass is 10.1. The molecule has 1 aromatic carbocycles. The van der Waals surface area contributed by atoms with Crippen molar-refractivity contribution in [1.29, 1.82) is 0 Å². The number of anilines is 1. The van der Waals surface area contributed by atoms with Crippen LogP contribution in [0.1, 0.15) is 12.8 Å². The summed E-state index contributed by atoms with van der Waals surface area (Å²) in [5.74, 6) is 0. The lowest BCUT2D eigenvalue weighted by molar-refractivity contribution is 0.506. The van der Waals surface area contributed by atoms with E-state index in [1.165, 1.54) is 22.2 Å². The Bertz CT molecular complexity index is 491. The first-order valence-electron chi connectivity index (χ1n) is 5.81. The first-order valence-corrected chi connectivity index (χ1v) is 6.69. The Labute approximate surface area is 99.7 Å². The molecule has 0 radical (unpaired) electrons. The van der Waals surface area contributed by atoms with Crippen LogP contribution in [0.3, 0.4) is 0 Å². The molecule has 1 saturated heterocycles. The Morgan fingerprint density at radius 3 is 3.12 bits per heavy atom. The Kier molecular flexibility index (Phi) is 2.58. The third-order valence-electron chi connectivity index (χ3n) is 3.26. The molecule has 16 heavy (non-hydrogen) atoms. The highest BCUT2D eigenvalue weighted by Gasteiger charge is 2.16. The fourth-order valence-corrected chi connectivity index (χ4v) is 3.17. The Morgan fingerprint density at radius 1 is 1.31 bits per heavy atom. The van der Waals surface area contributed by atoms with Gasteiger partial charge in [0.15, 0.2) is 0 Å². The van der Waals surface area contributed by atoms with Crippen LogP contribution in [0, 0.1) is 0 Å². The highest BCUT2D eigenvalue weighted by molar-refractivity contribution is 7.17. The number of nitrogens with two attached hydrogens (primary N) is 1. The molecule has 1 unspecified atom stereocenters. The third-order valence-corrected chi connectivity index (χ3v) is 4.16. The predicted octanol–water partition coefficient (Wildman–Crippen LogP) is 2.83. The van der Waals surface area contributed by atoms with Gasteiger partial charge in [-0.25, -0.2) is 0 Å². The second kappa shape index (κ2) is 4.07. The van der Waals surface area contributed by atoms with Gasteiger partial charge in [-0.15, -0.1) is 11.3 Å². The quantitative estimate of drug-likeness (QED) is 0.819. The highest BCUT2D eigenvalue weighted by Crippen LogP contribution is 2.27. The summed E-state index contributed by atoms with van der Waals surface area (Å²) >= 11 is 1.80. The predicted molar refractivity (Wildman–Crippen MR) is 71.2 cm³/mol. The average Bonchev–Trinajstić information content (AvgIpc) is 2.75. The molecule has 2 N–H and O–H groups in total. The standard InChI is InChI=1S/C13H16N2S/c14-11-2-1-6-15(9-11)12-3-4-13-10(8-12)5-7-16-13/h3-5,7-8,11H,1-2,6,9,14H2. The van der Waals surface area contributed by atoms with Crippen LogP contribution in [0.25, 0.3) is 10.1 Å². The Balaban J connectivity index is 1.92. The van der Waals surface area contributed by atoms with Gasteiger partial charge in [0, 0.05) is 29.5 Å². The largest absolute Gasteiger partial charge is 0.370 e. The number of fused-ring (bicyclic) bond motifs is 1. The number of rotatable bonds is 1. The Morgan fingerprint density at radius 2 is 2.25 bits per heavy atom. The van der Waals surface area contributed by atoms with Crippen molar-refractivity contribution in [3.8, 4) is 0 Å². The van der Waals surface area contributed by atoms with Crippen molar-refractivity contribution in [3.05, 3.63) is 29.6 Å². The van der Waals surface area contributed by atoms with Gasteiger partial charge in [-0.2, -0.15) is 0 Å². The first-order chi connectivity index (χ1) is 7.83. The van der Waals surface area contributed by atoms with E-state index in [4.69, 9.17) is 5.73 Å². The number of thiophene rings is 1. The van der Waals surface area contributed by atoms with Gasteiger partial charge < -0.3 is 10.6 Å². The average molecular weight is 232 g/mol. The lowest BCUT2D eigenvalue weighted by Crippen LogP contribution is -2.42. The SMILES string of the molecule is NC1CCCN(c2ccc3sccc3c2)C1. The van der Waals surface area contributed by atoms with Crippen molar-refractivity contribution in [2.45, 2.75) is 18.9 Å². The van der Waals surface area contributed by atoms with Gasteiger partial charge in [0.05, 0.1) is 0 Å². The summed E-state index contributed by atoms with van der Waals surface area (Å²) in [7, 11) is 0. The number of hydrogen-bond acceptors (Lipinski definition) is 3. The van der Waals surface area contributed by atoms with Gasteiger partial charge in [-0.3, -0.25) is 0 Å². The molecule has 2 nitrogen and oxygen atoms in total. The second-order valence-electron chi connectivity index (χ2n) is 4.49. The molecule has 1 aliphatic heterocycles. The van der Waals surface area contributed by atoms with Crippen LogP contribution in [0.5, 0.6) is 0 Å². The zero-order valence-electron chi connectivity index (χ0n) is 9.23. The van der Waals surface area contributed by atoms with E-state index >= 15 is 0 Å². The minimum absolute atomic E-state index is 0.340. The summed E-state index contributed by atoms with van der Waals surface area (Å²) in [5, 5.41) is 3.50. The summed E-state index contributed by atoms with van der Waals surface area (Å²) in [5.41, 5.74) is 7.34. The molecule has 0 spiro atoms. The summed E-state index contributed by atoms with van der Waals surface area (Å²) < 4.78 is 1.37. The zero-order chi connectivity index (χ0) is 11.0. The van der Waals surface area contributed by atoms with E-state index in [0.29, 0.717) is 6.04 Å². The fraction of sp³-hybridized carbons (Fsp3) is 0.385. The number of nitrogens with zero attached hydrogens (tertiary/aromatic N) is 1. The van der Waals surface area contributed by atoms with Crippen molar-refractivity contribution in [2.75, 3.05) is 18.0 Å². The molecule has 3 rings (SSSR count). The number of hydrogen-bond donors (Lipinski definition) is 1. The minimum Gasteiger partial charge on any atom is -0.370 e. The van der Waals surface area contributed by atoms with E-state index in [2.05, 4.69) is 34.5 Å². The fourth-order valence-electron chi connectivity index (χ4n) is 2.40. The molecule has 2 aromatic rings. The maximum atomic E-state index is 6.02. The van der Waals surface area contributed by atoms with Crippen molar-refractivity contribution in [1.82, 2.24) is 0 Å². The molecule has 3 heteroatoms. The minimum atomic E-state index is 0.340. The van der Waals surface area contributed by atoms with Gasteiger partial charge >= 0.3 is 0 Å². The van der Waals surface area contributed by atoms with Gasteiger partial charge in [0.2, 0.25) is 0 Å². The van der Waals surface area contributed by atoms with Crippen molar-refractivity contribution in [2.24, 2.45) is 5.73 Å². The molecule has 0 amide bonds. The summed E-state index contributed by atoms with van der Waals surface area (Å²) in [4.78, 5) is 2.41. The van der Waals surface area contributed by atoms with Crippen LogP contribution < -0.4 is 10.6 Å². The number of piperidine rings is 1. The lowest BCUT2D eigenvalue weighted by Gasteiger charge is -2.32. The van der Waals surface area contributed by atoms with E-state index in [0.717, 1.165) is 19.5 Å². The van der Waals surface area contributed by atoms with Gasteiger partial charge in [0.1, 0.15) is 0 Å². The summed E-state index contributed by atoms with van der Waals surface area (Å²) in [6.07, 6.45) is 2.38. The molecular weight excluding hydrogens is 216 g/mol. The van der Waals surface area contributed by atoms with Gasteiger partial charge in [-0.05, 0) is 47.9 Å². The molecule has 2 heterocycles. The maximum Gasteiger partial charge on any atom is 0.0373 e. The maximum absolute atomic E-state index is 6.02. The monoisotopic (exact) mass is 232 g/mol. The molecule has 0 bridgehead atoms. The molecule has 0 saturated carbocycles. The third kappa shape index (κ3) is 1.81. The molecule has 1 fully saturated rings. The van der Waals surface area contributed by atoms with Crippen LogP contribution in [-0.2, 0) is 0 Å². The van der Waals surface area contributed by atoms with Crippen molar-refractivity contribution < 1.29 is 0 Å². The molecular formula is C13H16N2S. The van der Waals surface area contributed by atoms with Crippen LogP contribution >= 0.6 is 11.3 Å². The highest BCUT2D eigenvalue weighted by atomic mass is 32.1. The van der Waals surface area contributed by atoms with E-state index in [1.807, 2.05) is 0 Å². The van der Waals surface area contributed by atoms with E-state index < -0.39 is 0 Å². The number of benzene rings is 1. The summed E-state index contributed by atoms with van der Waals surface area (Å²) in [6.45, 7) is 2.14. The van der Waals surface area contributed by atoms with E-state index in [1.54, 1.807) is 11.3 Å². The van der Waals surface area contributed by atoms with Crippen LogP contribution in [0.2, 0.25) is 0 Å². The Hall–Kier alpha value is -1.06. The zero-order valence-corrected chi connectivity index (χ0v) is 10.0. The molecule has 0 aliphatic carbocycles. The molecule has 1 aliphatic rings. The van der Waals surface area contributed by atoms with E-state index in [-0.39, 0.29) is 0 Å². The topological polar surface area (TPSA) is 29.3 Å².